The van der Waals surface area contributed by atoms with E-state index < -0.39 is 0 Å². The first kappa shape index (κ1) is 12.8. The number of nitrogens with zero attached hydrogens (tertiary/aromatic N) is 2. The highest BCUT2D eigenvalue weighted by Gasteiger charge is 2.08. The van der Waals surface area contributed by atoms with E-state index in [1.165, 1.54) is 0 Å². The molecule has 17 heavy (non-hydrogen) atoms. The molecular formula is C12H9BrCl2N2. The lowest BCUT2D eigenvalue weighted by atomic mass is 10.1. The van der Waals surface area contributed by atoms with E-state index in [9.17, 15) is 0 Å². The number of hydrogen-bond donors (Lipinski definition) is 0. The van der Waals surface area contributed by atoms with Gasteiger partial charge in [-0.05, 0) is 40.5 Å². The Hall–Kier alpha value is -0.640. The van der Waals surface area contributed by atoms with Crippen molar-refractivity contribution in [1.82, 2.24) is 9.97 Å². The fourth-order valence-electron chi connectivity index (χ4n) is 1.49. The van der Waals surface area contributed by atoms with Crippen LogP contribution in [-0.4, -0.2) is 9.97 Å². The smallest absolute Gasteiger partial charge is 0.147 e. The lowest BCUT2D eigenvalue weighted by Gasteiger charge is -2.05. The maximum Gasteiger partial charge on any atom is 0.147 e. The first-order valence-electron chi connectivity index (χ1n) is 4.99. The molecule has 2 nitrogen and oxygen atoms in total. The highest BCUT2D eigenvalue weighted by molar-refractivity contribution is 9.10. The maximum absolute atomic E-state index is 5.99. The normalized spacial score (nSPS) is 10.6. The minimum absolute atomic E-state index is 0.439. The van der Waals surface area contributed by atoms with Crippen LogP contribution in [0.5, 0.6) is 0 Å². The van der Waals surface area contributed by atoms with Crippen molar-refractivity contribution >= 4 is 39.1 Å². The van der Waals surface area contributed by atoms with Crippen LogP contribution in [0.25, 0.3) is 0 Å². The van der Waals surface area contributed by atoms with E-state index in [0.717, 1.165) is 15.7 Å². The zero-order valence-electron chi connectivity index (χ0n) is 9.04. The van der Waals surface area contributed by atoms with Crippen molar-refractivity contribution in [3.8, 4) is 0 Å². The van der Waals surface area contributed by atoms with E-state index >= 15 is 0 Å². The van der Waals surface area contributed by atoms with Gasteiger partial charge in [-0.3, -0.25) is 0 Å². The number of hydrogen-bond acceptors (Lipinski definition) is 2. The molecule has 0 saturated carbocycles. The van der Waals surface area contributed by atoms with Crippen LogP contribution >= 0.6 is 39.1 Å². The van der Waals surface area contributed by atoms with E-state index in [-0.39, 0.29) is 0 Å². The molecule has 0 radical (unpaired) electrons. The molecule has 0 unspecified atom stereocenters. The number of halogens is 3. The highest BCUT2D eigenvalue weighted by Crippen LogP contribution is 2.23. The second kappa shape index (κ2) is 5.34. The van der Waals surface area contributed by atoms with Gasteiger partial charge in [-0.25, -0.2) is 9.97 Å². The van der Waals surface area contributed by atoms with Gasteiger partial charge in [-0.15, -0.1) is 0 Å². The highest BCUT2D eigenvalue weighted by atomic mass is 79.9. The second-order valence-electron chi connectivity index (χ2n) is 3.64. The van der Waals surface area contributed by atoms with Crippen molar-refractivity contribution in [2.45, 2.75) is 13.3 Å². The van der Waals surface area contributed by atoms with Crippen molar-refractivity contribution in [2.75, 3.05) is 0 Å². The average molecular weight is 332 g/mol. The number of rotatable bonds is 2. The minimum atomic E-state index is 0.439. The Morgan fingerprint density at radius 2 is 2.00 bits per heavy atom. The predicted octanol–water partition coefficient (Wildman–Crippen LogP) is 4.45. The molecular weight excluding hydrogens is 323 g/mol. The van der Waals surface area contributed by atoms with Crippen LogP contribution in [-0.2, 0) is 6.42 Å². The van der Waals surface area contributed by atoms with E-state index in [2.05, 4.69) is 25.9 Å². The second-order valence-corrected chi connectivity index (χ2v) is 5.22. The van der Waals surface area contributed by atoms with Gasteiger partial charge in [0.2, 0.25) is 0 Å². The minimum Gasteiger partial charge on any atom is -0.237 e. The number of aryl methyl sites for hydroxylation is 1. The van der Waals surface area contributed by atoms with Gasteiger partial charge in [-0.1, -0.05) is 35.3 Å². The average Bonchev–Trinajstić information content (AvgIpc) is 2.26. The molecule has 2 rings (SSSR count). The largest absolute Gasteiger partial charge is 0.237 e. The topological polar surface area (TPSA) is 25.8 Å². The molecule has 0 bridgehead atoms. The molecule has 0 saturated heterocycles. The zero-order valence-corrected chi connectivity index (χ0v) is 12.1. The van der Waals surface area contributed by atoms with E-state index in [0.29, 0.717) is 22.4 Å². The van der Waals surface area contributed by atoms with Crippen LogP contribution in [0.2, 0.25) is 10.2 Å². The molecule has 1 heterocycles. The summed E-state index contributed by atoms with van der Waals surface area (Å²) >= 11 is 15.2. The van der Waals surface area contributed by atoms with Crippen LogP contribution < -0.4 is 0 Å². The first-order chi connectivity index (χ1) is 8.06. The Bertz CT molecular complexity index is 535. The SMILES string of the molecule is Cc1nc(Cc2cccc(Cl)c2)nc(Cl)c1Br. The molecule has 0 spiro atoms. The van der Waals surface area contributed by atoms with Gasteiger partial charge >= 0.3 is 0 Å². The predicted molar refractivity (Wildman–Crippen MR) is 73.7 cm³/mol. The molecule has 1 aromatic carbocycles. The van der Waals surface area contributed by atoms with E-state index in [1.807, 2.05) is 31.2 Å². The summed E-state index contributed by atoms with van der Waals surface area (Å²) in [6.45, 7) is 1.89. The Kier molecular flexibility index (Phi) is 4.02. The van der Waals surface area contributed by atoms with Gasteiger partial charge < -0.3 is 0 Å². The molecule has 1 aromatic heterocycles. The summed E-state index contributed by atoms with van der Waals surface area (Å²) in [6.07, 6.45) is 0.619. The van der Waals surface area contributed by atoms with Gasteiger partial charge in [0.25, 0.3) is 0 Å². The fourth-order valence-corrected chi connectivity index (χ4v) is 2.11. The van der Waals surface area contributed by atoms with Gasteiger partial charge in [0.1, 0.15) is 11.0 Å². The van der Waals surface area contributed by atoms with Crippen molar-refractivity contribution in [2.24, 2.45) is 0 Å². The molecule has 0 N–H and O–H groups in total. The molecule has 88 valence electrons. The van der Waals surface area contributed by atoms with Crippen LogP contribution in [0.4, 0.5) is 0 Å². The van der Waals surface area contributed by atoms with Crippen LogP contribution in [0.3, 0.4) is 0 Å². The van der Waals surface area contributed by atoms with Crippen molar-refractivity contribution in [3.05, 3.63) is 56.0 Å². The molecule has 0 amide bonds. The van der Waals surface area contributed by atoms with Crippen LogP contribution in [0.15, 0.2) is 28.7 Å². The quantitative estimate of drug-likeness (QED) is 0.760. The first-order valence-corrected chi connectivity index (χ1v) is 6.54. The lowest BCUT2D eigenvalue weighted by molar-refractivity contribution is 0.934. The van der Waals surface area contributed by atoms with Gasteiger partial charge in [-0.2, -0.15) is 0 Å². The van der Waals surface area contributed by atoms with Crippen molar-refractivity contribution in [3.63, 3.8) is 0 Å². The summed E-state index contributed by atoms with van der Waals surface area (Å²) in [5.41, 5.74) is 1.90. The molecule has 2 aromatic rings. The molecule has 0 aliphatic carbocycles. The molecule has 5 heteroatoms. The van der Waals surface area contributed by atoms with Crippen molar-refractivity contribution < 1.29 is 0 Å². The van der Waals surface area contributed by atoms with E-state index in [1.54, 1.807) is 0 Å². The molecule has 0 aliphatic rings. The Morgan fingerprint density at radius 1 is 1.24 bits per heavy atom. The zero-order chi connectivity index (χ0) is 12.4. The third-order valence-electron chi connectivity index (χ3n) is 2.27. The van der Waals surface area contributed by atoms with Crippen molar-refractivity contribution in [1.29, 1.82) is 0 Å². The maximum atomic E-state index is 5.99. The van der Waals surface area contributed by atoms with E-state index in [4.69, 9.17) is 23.2 Å². The van der Waals surface area contributed by atoms with Gasteiger partial charge in [0.15, 0.2) is 0 Å². The Morgan fingerprint density at radius 3 is 2.65 bits per heavy atom. The monoisotopic (exact) mass is 330 g/mol. The third kappa shape index (κ3) is 3.18. The lowest BCUT2D eigenvalue weighted by Crippen LogP contribution is -2.00. The summed E-state index contributed by atoms with van der Waals surface area (Å²) in [7, 11) is 0. The number of benzene rings is 1. The summed E-state index contributed by atoms with van der Waals surface area (Å²) in [6, 6.07) is 7.63. The Balaban J connectivity index is 2.31. The fraction of sp³-hybridized carbons (Fsp3) is 0.167. The van der Waals surface area contributed by atoms with Gasteiger partial charge in [0.05, 0.1) is 10.2 Å². The molecule has 0 aliphatic heterocycles. The van der Waals surface area contributed by atoms with Crippen LogP contribution in [0, 0.1) is 6.92 Å². The Labute approximate surface area is 118 Å². The van der Waals surface area contributed by atoms with Gasteiger partial charge in [0, 0.05) is 11.4 Å². The number of aromatic nitrogens is 2. The summed E-state index contributed by atoms with van der Waals surface area (Å²) < 4.78 is 0.744. The summed E-state index contributed by atoms with van der Waals surface area (Å²) in [5.74, 6) is 0.693. The molecule has 0 fully saturated rings. The summed E-state index contributed by atoms with van der Waals surface area (Å²) in [4.78, 5) is 8.60. The summed E-state index contributed by atoms with van der Waals surface area (Å²) in [5, 5.41) is 1.15. The van der Waals surface area contributed by atoms with Crippen LogP contribution in [0.1, 0.15) is 17.1 Å². The standard InChI is InChI=1S/C12H9BrCl2N2/c1-7-11(13)12(15)17-10(16-7)6-8-3-2-4-9(14)5-8/h2-5H,6H2,1H3. The third-order valence-corrected chi connectivity index (χ3v) is 3.96. The molecule has 0 atom stereocenters.